The molecule has 2 aromatic carbocycles. The molecule has 0 aliphatic heterocycles. The molecule has 0 radical (unpaired) electrons. The van der Waals surface area contributed by atoms with E-state index in [0.717, 1.165) is 23.7 Å². The van der Waals surface area contributed by atoms with Crippen molar-refractivity contribution in [3.8, 4) is 0 Å². The van der Waals surface area contributed by atoms with Crippen molar-refractivity contribution in [3.63, 3.8) is 0 Å². The van der Waals surface area contributed by atoms with Gasteiger partial charge in [0.15, 0.2) is 0 Å². The molecule has 3 aromatic rings. The van der Waals surface area contributed by atoms with E-state index in [2.05, 4.69) is 16.4 Å². The fraction of sp³-hybridized carbons (Fsp3) is 0.250. The van der Waals surface area contributed by atoms with Crippen LogP contribution in [-0.2, 0) is 19.4 Å². The van der Waals surface area contributed by atoms with Crippen LogP contribution in [0.15, 0.2) is 42.5 Å². The van der Waals surface area contributed by atoms with Gasteiger partial charge in [-0.15, -0.1) is 0 Å². The summed E-state index contributed by atoms with van der Waals surface area (Å²) in [6.07, 6.45) is 4.49. The van der Waals surface area contributed by atoms with Gasteiger partial charge in [-0.2, -0.15) is 0 Å². The number of aryl methyl sites for hydroxylation is 2. The highest BCUT2D eigenvalue weighted by Crippen LogP contribution is 2.30. The highest BCUT2D eigenvalue weighted by atomic mass is 19.1. The lowest BCUT2D eigenvalue weighted by atomic mass is 9.95. The Balaban J connectivity index is 1.63. The number of rotatable bonds is 3. The van der Waals surface area contributed by atoms with E-state index in [1.807, 2.05) is 12.1 Å². The quantitative estimate of drug-likeness (QED) is 0.749. The smallest absolute Gasteiger partial charge is 0.253 e. The van der Waals surface area contributed by atoms with Crippen LogP contribution in [0.4, 0.5) is 4.39 Å². The van der Waals surface area contributed by atoms with Crippen LogP contribution in [0.25, 0.3) is 10.9 Å². The maximum absolute atomic E-state index is 13.7. The predicted molar refractivity (Wildman–Crippen MR) is 92.5 cm³/mol. The summed E-state index contributed by atoms with van der Waals surface area (Å²) in [7, 11) is 0. The van der Waals surface area contributed by atoms with Gasteiger partial charge in [0.2, 0.25) is 0 Å². The summed E-state index contributed by atoms with van der Waals surface area (Å²) >= 11 is 0. The third-order valence-electron chi connectivity index (χ3n) is 4.78. The number of hydrogen-bond donors (Lipinski definition) is 2. The maximum Gasteiger partial charge on any atom is 0.253 e. The van der Waals surface area contributed by atoms with E-state index >= 15 is 0 Å². The van der Waals surface area contributed by atoms with Crippen molar-refractivity contribution in [2.45, 2.75) is 32.2 Å². The first-order valence-corrected chi connectivity index (χ1v) is 8.38. The number of hydrogen-bond acceptors (Lipinski definition) is 1. The van der Waals surface area contributed by atoms with Crippen LogP contribution >= 0.6 is 0 Å². The molecule has 122 valence electrons. The summed E-state index contributed by atoms with van der Waals surface area (Å²) < 4.78 is 13.7. The molecule has 24 heavy (non-hydrogen) atoms. The largest absolute Gasteiger partial charge is 0.358 e. The molecule has 0 atom stereocenters. The number of amides is 1. The normalized spacial score (nSPS) is 13.7. The van der Waals surface area contributed by atoms with Crippen molar-refractivity contribution in [1.82, 2.24) is 10.3 Å². The summed E-state index contributed by atoms with van der Waals surface area (Å²) in [5.41, 5.74) is 4.61. The molecule has 1 aromatic heterocycles. The number of nitrogens with one attached hydrogen (secondary N) is 2. The molecule has 0 spiro atoms. The fourth-order valence-electron chi connectivity index (χ4n) is 3.53. The second-order valence-electron chi connectivity index (χ2n) is 6.29. The monoisotopic (exact) mass is 322 g/mol. The average Bonchev–Trinajstić information content (AvgIpc) is 2.99. The van der Waals surface area contributed by atoms with E-state index in [9.17, 15) is 9.18 Å². The lowest BCUT2D eigenvalue weighted by molar-refractivity contribution is 0.0952. The Morgan fingerprint density at radius 3 is 2.79 bits per heavy atom. The Morgan fingerprint density at radius 1 is 1.08 bits per heavy atom. The molecule has 2 N–H and O–H groups in total. The standard InChI is InChI=1S/C20H19FN2O/c21-17-10-3-1-6-13(17)12-22-20(24)16-9-5-8-15-14-7-2-4-11-18(14)23-19(15)16/h1,3,5-6,8-10,23H,2,4,7,11-12H2,(H,22,24). The second-order valence-corrected chi connectivity index (χ2v) is 6.29. The van der Waals surface area contributed by atoms with Crippen molar-refractivity contribution in [2.75, 3.05) is 0 Å². The van der Waals surface area contributed by atoms with Gasteiger partial charge in [0.25, 0.3) is 5.91 Å². The van der Waals surface area contributed by atoms with E-state index in [0.29, 0.717) is 11.1 Å². The highest BCUT2D eigenvalue weighted by Gasteiger charge is 2.19. The maximum atomic E-state index is 13.7. The van der Waals surface area contributed by atoms with Crippen molar-refractivity contribution in [1.29, 1.82) is 0 Å². The summed E-state index contributed by atoms with van der Waals surface area (Å²) in [6, 6.07) is 12.3. The van der Waals surface area contributed by atoms with Gasteiger partial charge in [-0.05, 0) is 43.4 Å². The van der Waals surface area contributed by atoms with Crippen LogP contribution in [-0.4, -0.2) is 10.9 Å². The molecule has 1 aliphatic rings. The molecule has 1 aliphatic carbocycles. The molecular weight excluding hydrogens is 303 g/mol. The van der Waals surface area contributed by atoms with Crippen LogP contribution in [0.5, 0.6) is 0 Å². The van der Waals surface area contributed by atoms with Crippen molar-refractivity contribution < 1.29 is 9.18 Å². The molecule has 0 fully saturated rings. The Kier molecular flexibility index (Phi) is 3.81. The summed E-state index contributed by atoms with van der Waals surface area (Å²) in [5.74, 6) is -0.478. The van der Waals surface area contributed by atoms with Gasteiger partial charge in [-0.3, -0.25) is 4.79 Å². The van der Waals surface area contributed by atoms with E-state index in [4.69, 9.17) is 0 Å². The number of para-hydroxylation sites is 1. The van der Waals surface area contributed by atoms with Crippen molar-refractivity contribution >= 4 is 16.8 Å². The number of carbonyl (C=O) groups is 1. The van der Waals surface area contributed by atoms with Crippen LogP contribution in [0.1, 0.15) is 40.0 Å². The number of carbonyl (C=O) groups excluding carboxylic acids is 1. The third kappa shape index (κ3) is 2.58. The first-order valence-electron chi connectivity index (χ1n) is 8.38. The average molecular weight is 322 g/mol. The topological polar surface area (TPSA) is 44.9 Å². The number of fused-ring (bicyclic) bond motifs is 3. The summed E-state index contributed by atoms with van der Waals surface area (Å²) in [5, 5.41) is 3.97. The van der Waals surface area contributed by atoms with Crippen LogP contribution in [0.3, 0.4) is 0 Å². The zero-order valence-corrected chi connectivity index (χ0v) is 13.4. The van der Waals surface area contributed by atoms with Gasteiger partial charge >= 0.3 is 0 Å². The van der Waals surface area contributed by atoms with Crippen LogP contribution < -0.4 is 5.32 Å². The molecule has 4 rings (SSSR count). The molecular formula is C20H19FN2O. The first-order chi connectivity index (χ1) is 11.7. The van der Waals surface area contributed by atoms with Crippen LogP contribution in [0.2, 0.25) is 0 Å². The Morgan fingerprint density at radius 2 is 1.92 bits per heavy atom. The molecule has 3 nitrogen and oxygen atoms in total. The number of halogens is 1. The predicted octanol–water partition coefficient (Wildman–Crippen LogP) is 4.12. The number of benzene rings is 2. The minimum atomic E-state index is -0.300. The summed E-state index contributed by atoms with van der Waals surface area (Å²) in [6.45, 7) is 0.183. The number of H-pyrrole nitrogens is 1. The van der Waals surface area contributed by atoms with E-state index in [-0.39, 0.29) is 18.3 Å². The Labute approximate surface area is 139 Å². The van der Waals surface area contributed by atoms with Crippen molar-refractivity contribution in [3.05, 3.63) is 70.7 Å². The van der Waals surface area contributed by atoms with Crippen molar-refractivity contribution in [2.24, 2.45) is 0 Å². The van der Waals surface area contributed by atoms with Gasteiger partial charge in [-0.25, -0.2) is 4.39 Å². The lowest BCUT2D eigenvalue weighted by Gasteiger charge is -2.10. The molecule has 0 saturated heterocycles. The number of aromatic amines is 1. The van der Waals surface area contributed by atoms with E-state index in [1.165, 1.54) is 30.2 Å². The van der Waals surface area contributed by atoms with Gasteiger partial charge < -0.3 is 10.3 Å². The molecule has 1 amide bonds. The molecule has 0 bridgehead atoms. The van der Waals surface area contributed by atoms with Gasteiger partial charge in [-0.1, -0.05) is 30.3 Å². The SMILES string of the molecule is O=C(NCc1ccccc1F)c1cccc2c3c([nH]c12)CCCC3. The van der Waals surface area contributed by atoms with Crippen LogP contribution in [0, 0.1) is 5.82 Å². The fourth-order valence-corrected chi connectivity index (χ4v) is 3.53. The highest BCUT2D eigenvalue weighted by molar-refractivity contribution is 6.06. The first kappa shape index (κ1) is 14.9. The van der Waals surface area contributed by atoms with E-state index < -0.39 is 0 Å². The molecule has 4 heteroatoms. The van der Waals surface area contributed by atoms with Gasteiger partial charge in [0, 0.05) is 23.2 Å². The lowest BCUT2D eigenvalue weighted by Crippen LogP contribution is -2.23. The minimum absolute atomic E-state index is 0.178. The molecule has 0 saturated carbocycles. The Bertz CT molecular complexity index is 913. The van der Waals surface area contributed by atoms with Gasteiger partial charge in [0.1, 0.15) is 5.82 Å². The number of aromatic nitrogens is 1. The third-order valence-corrected chi connectivity index (χ3v) is 4.78. The van der Waals surface area contributed by atoms with Gasteiger partial charge in [0.05, 0.1) is 11.1 Å². The summed E-state index contributed by atoms with van der Waals surface area (Å²) in [4.78, 5) is 16.0. The Hall–Kier alpha value is -2.62. The van der Waals surface area contributed by atoms with E-state index in [1.54, 1.807) is 18.2 Å². The molecule has 0 unspecified atom stereocenters. The zero-order chi connectivity index (χ0) is 16.5. The minimum Gasteiger partial charge on any atom is -0.358 e. The molecule has 1 heterocycles. The zero-order valence-electron chi connectivity index (χ0n) is 13.4. The second kappa shape index (κ2) is 6.11.